The average molecular weight is 324 g/mol. The molecule has 1 N–H and O–H groups in total. The fourth-order valence-electron chi connectivity index (χ4n) is 1.93. The van der Waals surface area contributed by atoms with E-state index in [2.05, 4.69) is 5.32 Å². The van der Waals surface area contributed by atoms with Gasteiger partial charge < -0.3 is 14.4 Å². The monoisotopic (exact) mass is 324 g/mol. The van der Waals surface area contributed by atoms with E-state index in [-0.39, 0.29) is 22.9 Å². The van der Waals surface area contributed by atoms with E-state index in [0.29, 0.717) is 0 Å². The maximum Gasteiger partial charge on any atom is 0.339 e. The van der Waals surface area contributed by atoms with Crippen LogP contribution in [0.15, 0.2) is 40.6 Å². The summed E-state index contributed by atoms with van der Waals surface area (Å²) in [6, 6.07) is 6.13. The van der Waals surface area contributed by atoms with Crippen LogP contribution in [-0.4, -0.2) is 38.7 Å². The van der Waals surface area contributed by atoms with Crippen LogP contribution in [0.2, 0.25) is 0 Å². The van der Waals surface area contributed by atoms with Crippen molar-refractivity contribution >= 4 is 21.9 Å². The van der Waals surface area contributed by atoms with Crippen molar-refractivity contribution < 1.29 is 22.2 Å². The van der Waals surface area contributed by atoms with Crippen molar-refractivity contribution in [1.29, 1.82) is 0 Å². The number of carbonyl (C=O) groups is 2. The number of aryl methyl sites for hydroxylation is 1. The lowest BCUT2D eigenvalue weighted by molar-refractivity contribution is -0.126. The summed E-state index contributed by atoms with van der Waals surface area (Å²) in [6.07, 6.45) is 0. The second kappa shape index (κ2) is 5.80. The molecule has 22 heavy (non-hydrogen) atoms. The number of amides is 2. The Bertz CT molecular complexity index is 750. The van der Waals surface area contributed by atoms with Gasteiger partial charge in [-0.05, 0) is 19.1 Å². The Morgan fingerprint density at radius 3 is 2.41 bits per heavy atom. The lowest BCUT2D eigenvalue weighted by Gasteiger charge is -2.10. The quantitative estimate of drug-likeness (QED) is 0.815. The SMILES string of the molecule is CC(=O)NC1=C(OS(=O)(=O)c2ccc(C)cc2)CN(C)C1=O. The van der Waals surface area contributed by atoms with Crippen LogP contribution in [0.3, 0.4) is 0 Å². The molecule has 118 valence electrons. The molecule has 1 heterocycles. The van der Waals surface area contributed by atoms with Crippen molar-refractivity contribution in [2.45, 2.75) is 18.7 Å². The number of likely N-dealkylation sites (N-methyl/N-ethyl adjacent to an activating group) is 1. The van der Waals surface area contributed by atoms with Crippen LogP contribution in [-0.2, 0) is 23.9 Å². The van der Waals surface area contributed by atoms with E-state index in [1.165, 1.54) is 31.0 Å². The van der Waals surface area contributed by atoms with Gasteiger partial charge in [0, 0.05) is 14.0 Å². The molecule has 0 spiro atoms. The number of carbonyl (C=O) groups excluding carboxylic acids is 2. The van der Waals surface area contributed by atoms with E-state index in [0.717, 1.165) is 5.56 Å². The van der Waals surface area contributed by atoms with Gasteiger partial charge in [-0.15, -0.1) is 0 Å². The molecule has 0 unspecified atom stereocenters. The number of hydrogen-bond donors (Lipinski definition) is 1. The molecule has 0 fully saturated rings. The second-order valence-electron chi connectivity index (χ2n) is 4.99. The topological polar surface area (TPSA) is 92.8 Å². The van der Waals surface area contributed by atoms with Gasteiger partial charge in [-0.2, -0.15) is 8.42 Å². The van der Waals surface area contributed by atoms with E-state index >= 15 is 0 Å². The molecule has 0 aliphatic carbocycles. The lowest BCUT2D eigenvalue weighted by Crippen LogP contribution is -2.29. The van der Waals surface area contributed by atoms with Gasteiger partial charge in [-0.1, -0.05) is 17.7 Å². The summed E-state index contributed by atoms with van der Waals surface area (Å²) in [7, 11) is -2.58. The Balaban J connectivity index is 2.34. The van der Waals surface area contributed by atoms with E-state index in [1.807, 2.05) is 6.92 Å². The highest BCUT2D eigenvalue weighted by Gasteiger charge is 2.33. The maximum atomic E-state index is 12.2. The molecule has 2 rings (SSSR count). The summed E-state index contributed by atoms with van der Waals surface area (Å²) in [5, 5.41) is 2.32. The molecular formula is C14H16N2O5S. The van der Waals surface area contributed by atoms with E-state index < -0.39 is 21.9 Å². The minimum atomic E-state index is -4.06. The number of rotatable bonds is 4. The van der Waals surface area contributed by atoms with Gasteiger partial charge >= 0.3 is 10.1 Å². The molecular weight excluding hydrogens is 308 g/mol. The van der Waals surface area contributed by atoms with Crippen molar-refractivity contribution in [3.05, 3.63) is 41.3 Å². The third kappa shape index (κ3) is 3.28. The Morgan fingerprint density at radius 1 is 1.27 bits per heavy atom. The number of benzene rings is 1. The van der Waals surface area contributed by atoms with E-state index in [1.54, 1.807) is 12.1 Å². The van der Waals surface area contributed by atoms with Crippen LogP contribution in [0, 0.1) is 6.92 Å². The molecule has 2 amide bonds. The molecule has 1 aliphatic rings. The van der Waals surface area contributed by atoms with Gasteiger partial charge in [-0.25, -0.2) is 0 Å². The standard InChI is InChI=1S/C14H16N2O5S/c1-9-4-6-11(7-5-9)22(19,20)21-12-8-16(3)14(18)13(12)15-10(2)17/h4-7H,8H2,1-3H3,(H,15,17). The van der Waals surface area contributed by atoms with Crippen LogP contribution in [0.5, 0.6) is 0 Å². The highest BCUT2D eigenvalue weighted by atomic mass is 32.2. The Morgan fingerprint density at radius 2 is 1.86 bits per heavy atom. The number of nitrogens with zero attached hydrogens (tertiary/aromatic N) is 1. The minimum Gasteiger partial charge on any atom is -0.379 e. The Kier molecular flexibility index (Phi) is 4.23. The molecule has 0 saturated carbocycles. The summed E-state index contributed by atoms with van der Waals surface area (Å²) >= 11 is 0. The summed E-state index contributed by atoms with van der Waals surface area (Å²) < 4.78 is 29.5. The average Bonchev–Trinajstić information content (AvgIpc) is 2.66. The number of hydrogen-bond acceptors (Lipinski definition) is 5. The smallest absolute Gasteiger partial charge is 0.339 e. The van der Waals surface area contributed by atoms with Gasteiger partial charge in [-0.3, -0.25) is 9.59 Å². The van der Waals surface area contributed by atoms with Gasteiger partial charge in [0.05, 0.1) is 6.54 Å². The van der Waals surface area contributed by atoms with Crippen LogP contribution < -0.4 is 5.32 Å². The molecule has 0 saturated heterocycles. The first kappa shape index (κ1) is 16.0. The normalized spacial score (nSPS) is 15.2. The fraction of sp³-hybridized carbons (Fsp3) is 0.286. The highest BCUT2D eigenvalue weighted by Crippen LogP contribution is 2.23. The zero-order chi connectivity index (χ0) is 16.5. The van der Waals surface area contributed by atoms with Crippen LogP contribution in [0.25, 0.3) is 0 Å². The Labute approximate surface area is 128 Å². The van der Waals surface area contributed by atoms with E-state index in [9.17, 15) is 18.0 Å². The van der Waals surface area contributed by atoms with Crippen LogP contribution in [0.4, 0.5) is 0 Å². The van der Waals surface area contributed by atoms with Crippen molar-refractivity contribution in [2.24, 2.45) is 0 Å². The van der Waals surface area contributed by atoms with Gasteiger partial charge in [0.2, 0.25) is 5.91 Å². The molecule has 0 radical (unpaired) electrons. The molecule has 0 aromatic heterocycles. The molecule has 1 aromatic rings. The zero-order valence-electron chi connectivity index (χ0n) is 12.4. The Hall–Kier alpha value is -2.35. The summed E-state index contributed by atoms with van der Waals surface area (Å²) in [6.45, 7) is 3.03. The third-order valence-corrected chi connectivity index (χ3v) is 4.31. The van der Waals surface area contributed by atoms with Crippen LogP contribution in [0.1, 0.15) is 12.5 Å². The second-order valence-corrected chi connectivity index (χ2v) is 6.54. The fourth-order valence-corrected chi connectivity index (χ4v) is 2.90. The molecule has 0 atom stereocenters. The maximum absolute atomic E-state index is 12.2. The molecule has 8 heteroatoms. The minimum absolute atomic E-state index is 0.0187. The van der Waals surface area contributed by atoms with Crippen molar-refractivity contribution in [3.63, 3.8) is 0 Å². The summed E-state index contributed by atoms with van der Waals surface area (Å²) in [5.74, 6) is -1.07. The first-order chi connectivity index (χ1) is 10.2. The third-order valence-electron chi connectivity index (χ3n) is 3.04. The first-order valence-corrected chi connectivity index (χ1v) is 7.89. The predicted molar refractivity (Wildman–Crippen MR) is 77.9 cm³/mol. The molecule has 7 nitrogen and oxygen atoms in total. The largest absolute Gasteiger partial charge is 0.379 e. The molecule has 1 aliphatic heterocycles. The zero-order valence-corrected chi connectivity index (χ0v) is 13.2. The van der Waals surface area contributed by atoms with E-state index in [4.69, 9.17) is 4.18 Å². The lowest BCUT2D eigenvalue weighted by atomic mass is 10.2. The van der Waals surface area contributed by atoms with Gasteiger partial charge in [0.25, 0.3) is 5.91 Å². The molecule has 0 bridgehead atoms. The highest BCUT2D eigenvalue weighted by molar-refractivity contribution is 7.86. The van der Waals surface area contributed by atoms with Gasteiger partial charge in [0.1, 0.15) is 10.6 Å². The van der Waals surface area contributed by atoms with Gasteiger partial charge in [0.15, 0.2) is 5.76 Å². The van der Waals surface area contributed by atoms with Crippen molar-refractivity contribution in [1.82, 2.24) is 10.2 Å². The summed E-state index contributed by atoms with van der Waals surface area (Å²) in [4.78, 5) is 24.3. The summed E-state index contributed by atoms with van der Waals surface area (Å²) in [5.41, 5.74) is 0.763. The van der Waals surface area contributed by atoms with Crippen molar-refractivity contribution in [3.8, 4) is 0 Å². The first-order valence-electron chi connectivity index (χ1n) is 6.48. The predicted octanol–water partition coefficient (Wildman–Crippen LogP) is 0.520. The number of nitrogens with one attached hydrogen (secondary N) is 1. The van der Waals surface area contributed by atoms with Crippen molar-refractivity contribution in [2.75, 3.05) is 13.6 Å². The molecule has 1 aromatic carbocycles. The van der Waals surface area contributed by atoms with Crippen LogP contribution >= 0.6 is 0 Å².